The van der Waals surface area contributed by atoms with E-state index in [4.69, 9.17) is 14.6 Å². The van der Waals surface area contributed by atoms with Crippen LogP contribution in [-0.2, 0) is 19.1 Å². The van der Waals surface area contributed by atoms with E-state index in [0.717, 1.165) is 58.2 Å². The number of aliphatic carboxylic acids is 1. The van der Waals surface area contributed by atoms with E-state index in [1.807, 2.05) is 13.8 Å². The van der Waals surface area contributed by atoms with Crippen molar-refractivity contribution in [3.8, 4) is 0 Å². The maximum atomic E-state index is 12.0. The van der Waals surface area contributed by atoms with Crippen molar-refractivity contribution >= 4 is 11.9 Å². The molecule has 6 nitrogen and oxygen atoms in total. The zero-order valence-corrected chi connectivity index (χ0v) is 14.3. The molecule has 0 aliphatic carbocycles. The summed E-state index contributed by atoms with van der Waals surface area (Å²) < 4.78 is 10.5. The Balaban J connectivity index is 2.32. The van der Waals surface area contributed by atoms with Crippen molar-refractivity contribution in [1.82, 2.24) is 4.90 Å². The smallest absolute Gasteiger partial charge is 0.334 e. The van der Waals surface area contributed by atoms with Gasteiger partial charge in [-0.25, -0.2) is 9.59 Å². The van der Waals surface area contributed by atoms with Crippen molar-refractivity contribution < 1.29 is 24.2 Å². The number of morpholine rings is 1. The van der Waals surface area contributed by atoms with Gasteiger partial charge >= 0.3 is 11.9 Å². The van der Waals surface area contributed by atoms with E-state index in [1.165, 1.54) is 0 Å². The number of carboxylic acid groups (broad SMARTS) is 1. The Morgan fingerprint density at radius 1 is 1.26 bits per heavy atom. The van der Waals surface area contributed by atoms with Crippen LogP contribution in [0.3, 0.4) is 0 Å². The first-order chi connectivity index (χ1) is 11.0. The summed E-state index contributed by atoms with van der Waals surface area (Å²) in [5, 5.41) is 8.90. The normalized spacial score (nSPS) is 16.6. The standard InChI is InChI=1S/C17H29NO5/c1-14(2)6-10-23-17(21)15(13-16(19)20)5-3-4-7-18-8-11-22-12-9-18/h13-14H,3-12H2,1-2H3,(H,19,20)/b15-13+. The number of hydrogen-bond acceptors (Lipinski definition) is 5. The van der Waals surface area contributed by atoms with Crippen LogP contribution < -0.4 is 0 Å². The van der Waals surface area contributed by atoms with Crippen LogP contribution in [0.15, 0.2) is 11.6 Å². The number of rotatable bonds is 10. The van der Waals surface area contributed by atoms with Gasteiger partial charge in [0, 0.05) is 24.7 Å². The van der Waals surface area contributed by atoms with E-state index in [2.05, 4.69) is 4.90 Å². The molecule has 0 radical (unpaired) electrons. The fourth-order valence-electron chi connectivity index (χ4n) is 2.34. The first kappa shape index (κ1) is 19.6. The summed E-state index contributed by atoms with van der Waals surface area (Å²) in [4.78, 5) is 25.2. The summed E-state index contributed by atoms with van der Waals surface area (Å²) in [5.74, 6) is -1.16. The van der Waals surface area contributed by atoms with Crippen molar-refractivity contribution in [2.24, 2.45) is 5.92 Å². The zero-order valence-electron chi connectivity index (χ0n) is 14.3. The molecule has 6 heteroatoms. The number of esters is 1. The molecule has 0 aromatic rings. The molecule has 0 amide bonds. The van der Waals surface area contributed by atoms with Gasteiger partial charge in [0.15, 0.2) is 0 Å². The molecule has 0 saturated carbocycles. The number of hydrogen-bond donors (Lipinski definition) is 1. The van der Waals surface area contributed by atoms with Crippen molar-refractivity contribution in [2.75, 3.05) is 39.5 Å². The molecule has 0 bridgehead atoms. The van der Waals surface area contributed by atoms with Gasteiger partial charge in [0.25, 0.3) is 0 Å². The Labute approximate surface area is 138 Å². The van der Waals surface area contributed by atoms with Gasteiger partial charge in [0.05, 0.1) is 19.8 Å². The molecular formula is C17H29NO5. The quantitative estimate of drug-likeness (QED) is 0.376. The maximum absolute atomic E-state index is 12.0. The molecule has 132 valence electrons. The van der Waals surface area contributed by atoms with E-state index in [-0.39, 0.29) is 5.57 Å². The van der Waals surface area contributed by atoms with E-state index < -0.39 is 11.9 Å². The molecule has 0 spiro atoms. The van der Waals surface area contributed by atoms with Crippen LogP contribution in [0.2, 0.25) is 0 Å². The van der Waals surface area contributed by atoms with Crippen LogP contribution in [0.5, 0.6) is 0 Å². The second-order valence-electron chi connectivity index (χ2n) is 6.24. The lowest BCUT2D eigenvalue weighted by atomic mass is 10.1. The predicted octanol–water partition coefficient (Wildman–Crippen LogP) is 2.09. The van der Waals surface area contributed by atoms with Crippen LogP contribution in [-0.4, -0.2) is 61.4 Å². The van der Waals surface area contributed by atoms with Crippen molar-refractivity contribution in [3.63, 3.8) is 0 Å². The highest BCUT2D eigenvalue weighted by molar-refractivity contribution is 5.95. The molecule has 1 saturated heterocycles. The molecule has 1 fully saturated rings. The number of unbranched alkanes of at least 4 members (excludes halogenated alkanes) is 1. The first-order valence-corrected chi connectivity index (χ1v) is 8.39. The summed E-state index contributed by atoms with van der Waals surface area (Å²) in [7, 11) is 0. The molecule has 0 atom stereocenters. The summed E-state index contributed by atoms with van der Waals surface area (Å²) in [6, 6.07) is 0. The van der Waals surface area contributed by atoms with Crippen LogP contribution in [0.4, 0.5) is 0 Å². The van der Waals surface area contributed by atoms with E-state index in [1.54, 1.807) is 0 Å². The van der Waals surface area contributed by atoms with Gasteiger partial charge < -0.3 is 14.6 Å². The van der Waals surface area contributed by atoms with Gasteiger partial charge in [-0.15, -0.1) is 0 Å². The van der Waals surface area contributed by atoms with Gasteiger partial charge in [-0.1, -0.05) is 13.8 Å². The highest BCUT2D eigenvalue weighted by Gasteiger charge is 2.14. The van der Waals surface area contributed by atoms with Crippen molar-refractivity contribution in [2.45, 2.75) is 39.5 Å². The third-order valence-electron chi connectivity index (χ3n) is 3.76. The van der Waals surface area contributed by atoms with Gasteiger partial charge in [-0.05, 0) is 38.1 Å². The summed E-state index contributed by atoms with van der Waals surface area (Å²) in [6.45, 7) is 8.80. The fourth-order valence-corrected chi connectivity index (χ4v) is 2.34. The summed E-state index contributed by atoms with van der Waals surface area (Å²) in [6.07, 6.45) is 3.90. The van der Waals surface area contributed by atoms with Crippen LogP contribution in [0.1, 0.15) is 39.5 Å². The third kappa shape index (κ3) is 9.36. The van der Waals surface area contributed by atoms with Crippen LogP contribution in [0.25, 0.3) is 0 Å². The van der Waals surface area contributed by atoms with Crippen molar-refractivity contribution in [3.05, 3.63) is 11.6 Å². The molecule has 0 unspecified atom stereocenters. The average molecular weight is 327 g/mol. The van der Waals surface area contributed by atoms with Gasteiger partial charge in [0.1, 0.15) is 0 Å². The molecule has 0 aromatic heterocycles. The molecule has 1 heterocycles. The lowest BCUT2D eigenvalue weighted by Crippen LogP contribution is -2.36. The minimum atomic E-state index is -1.10. The highest BCUT2D eigenvalue weighted by Crippen LogP contribution is 2.12. The minimum absolute atomic E-state index is 0.253. The lowest BCUT2D eigenvalue weighted by Gasteiger charge is -2.26. The molecule has 1 N–H and O–H groups in total. The number of carboxylic acids is 1. The lowest BCUT2D eigenvalue weighted by molar-refractivity contribution is -0.140. The van der Waals surface area contributed by atoms with Crippen molar-refractivity contribution in [1.29, 1.82) is 0 Å². The second kappa shape index (κ2) is 11.2. The maximum Gasteiger partial charge on any atom is 0.334 e. The Kier molecular flexibility index (Phi) is 9.55. The number of carbonyl (C=O) groups excluding carboxylic acids is 1. The molecule has 23 heavy (non-hydrogen) atoms. The van der Waals surface area contributed by atoms with E-state index in [9.17, 15) is 9.59 Å². The SMILES string of the molecule is CC(C)CCOC(=O)/C(=C/C(=O)O)CCCCN1CCOCC1. The Bertz CT molecular complexity index is 400. The average Bonchev–Trinajstić information content (AvgIpc) is 2.50. The van der Waals surface area contributed by atoms with Crippen LogP contribution in [0, 0.1) is 5.92 Å². The first-order valence-electron chi connectivity index (χ1n) is 8.39. The number of carbonyl (C=O) groups is 2. The molecular weight excluding hydrogens is 298 g/mol. The summed E-state index contributed by atoms with van der Waals surface area (Å²) >= 11 is 0. The highest BCUT2D eigenvalue weighted by atomic mass is 16.5. The Hall–Kier alpha value is -1.40. The monoisotopic (exact) mass is 327 g/mol. The van der Waals surface area contributed by atoms with E-state index >= 15 is 0 Å². The molecule has 1 aliphatic heterocycles. The fraction of sp³-hybridized carbons (Fsp3) is 0.765. The zero-order chi connectivity index (χ0) is 17.1. The number of nitrogens with zero attached hydrogens (tertiary/aromatic N) is 1. The third-order valence-corrected chi connectivity index (χ3v) is 3.76. The predicted molar refractivity (Wildman–Crippen MR) is 87.2 cm³/mol. The summed E-state index contributed by atoms with van der Waals surface area (Å²) in [5.41, 5.74) is 0.253. The molecule has 0 aromatic carbocycles. The topological polar surface area (TPSA) is 76.1 Å². The van der Waals surface area contributed by atoms with E-state index in [0.29, 0.717) is 18.9 Å². The molecule has 1 aliphatic rings. The Morgan fingerprint density at radius 3 is 2.57 bits per heavy atom. The second-order valence-corrected chi connectivity index (χ2v) is 6.24. The molecule has 1 rings (SSSR count). The number of ether oxygens (including phenoxy) is 2. The van der Waals surface area contributed by atoms with Gasteiger partial charge in [-0.2, -0.15) is 0 Å². The minimum Gasteiger partial charge on any atom is -0.478 e. The largest absolute Gasteiger partial charge is 0.478 e. The Morgan fingerprint density at radius 2 is 1.96 bits per heavy atom. The van der Waals surface area contributed by atoms with Gasteiger partial charge in [-0.3, -0.25) is 4.90 Å². The van der Waals surface area contributed by atoms with Crippen LogP contribution >= 0.6 is 0 Å². The van der Waals surface area contributed by atoms with Gasteiger partial charge in [0.2, 0.25) is 0 Å².